The molecule has 0 radical (unpaired) electrons. The third-order valence-electron chi connectivity index (χ3n) is 2.35. The maximum absolute atomic E-state index is 11.1. The van der Waals surface area contributed by atoms with Crippen molar-refractivity contribution in [1.82, 2.24) is 0 Å². The summed E-state index contributed by atoms with van der Waals surface area (Å²) in [6, 6.07) is 8.19. The zero-order chi connectivity index (χ0) is 14.3. The lowest BCUT2D eigenvalue weighted by atomic mass is 10.1. The first kappa shape index (κ1) is 13.8. The molecule has 0 atom stereocenters. The molecule has 2 rings (SSSR count). The van der Waals surface area contributed by atoms with Crippen LogP contribution in [-0.4, -0.2) is 27.6 Å². The Morgan fingerprint density at radius 3 is 2.05 bits per heavy atom. The topological polar surface area (TPSA) is 101 Å². The van der Waals surface area contributed by atoms with Crippen molar-refractivity contribution in [2.24, 2.45) is 0 Å². The molecule has 0 aliphatic heterocycles. The molecule has 8 heteroatoms. The maximum Gasteiger partial charge on any atom is 0.306 e. The molecule has 19 heavy (non-hydrogen) atoms. The molecule has 102 valence electrons. The number of hydrogen-bond donors (Lipinski definition) is 0. The number of benzene rings is 2. The van der Waals surface area contributed by atoms with Crippen LogP contribution in [0.15, 0.2) is 41.3 Å². The van der Waals surface area contributed by atoms with Crippen LogP contribution in [0.4, 0.5) is 0 Å². The second kappa shape index (κ2) is 4.48. The molecule has 0 aliphatic carbocycles. The van der Waals surface area contributed by atoms with Gasteiger partial charge >= 0.3 is 10.1 Å². The zero-order valence-corrected chi connectivity index (χ0v) is 11.4. The molecule has 0 spiro atoms. The van der Waals surface area contributed by atoms with E-state index < -0.39 is 25.1 Å². The van der Waals surface area contributed by atoms with Gasteiger partial charge in [-0.15, -0.1) is 0 Å². The van der Waals surface area contributed by atoms with Gasteiger partial charge in [0, 0.05) is 10.8 Å². The minimum absolute atomic E-state index is 0.0227. The van der Waals surface area contributed by atoms with Crippen LogP contribution in [-0.2, 0) is 20.2 Å². The number of rotatable bonds is 3. The van der Waals surface area contributed by atoms with E-state index >= 15 is 0 Å². The van der Waals surface area contributed by atoms with Crippen LogP contribution in [0.1, 0.15) is 0 Å². The van der Waals surface area contributed by atoms with E-state index in [0.717, 1.165) is 18.4 Å². The molecule has 6 nitrogen and oxygen atoms in total. The van der Waals surface area contributed by atoms with Gasteiger partial charge in [-0.1, -0.05) is 24.3 Å². The minimum Gasteiger partial charge on any atom is -0.744 e. The summed E-state index contributed by atoms with van der Waals surface area (Å²) in [5, 5.41) is 0.364. The summed E-state index contributed by atoms with van der Waals surface area (Å²) in [5.41, 5.74) is 0. The molecule has 0 saturated heterocycles. The van der Waals surface area contributed by atoms with Crippen molar-refractivity contribution in [2.75, 3.05) is 6.26 Å². The van der Waals surface area contributed by atoms with Gasteiger partial charge in [-0.3, -0.25) is 0 Å². The van der Waals surface area contributed by atoms with E-state index in [4.69, 9.17) is 4.18 Å². The summed E-state index contributed by atoms with van der Waals surface area (Å²) < 4.78 is 60.4. The van der Waals surface area contributed by atoms with Gasteiger partial charge in [0.1, 0.15) is 10.1 Å². The predicted octanol–water partition coefficient (Wildman–Crippen LogP) is 1.08. The zero-order valence-electron chi connectivity index (χ0n) is 9.73. The first-order valence-electron chi connectivity index (χ1n) is 5.05. The Balaban J connectivity index is 2.80. The van der Waals surface area contributed by atoms with E-state index in [1.807, 2.05) is 0 Å². The molecule has 0 bridgehead atoms. The van der Waals surface area contributed by atoms with E-state index in [0.29, 0.717) is 0 Å². The maximum atomic E-state index is 11.1. The second-order valence-corrected chi connectivity index (χ2v) is 6.77. The molecule has 0 amide bonds. The number of fused-ring (bicyclic) bond motifs is 1. The molecule has 0 aliphatic rings. The van der Waals surface area contributed by atoms with Gasteiger partial charge in [-0.25, -0.2) is 8.42 Å². The summed E-state index contributed by atoms with van der Waals surface area (Å²) in [6.07, 6.45) is 0.875. The summed E-state index contributed by atoms with van der Waals surface area (Å²) in [7, 11) is -8.39. The first-order chi connectivity index (χ1) is 8.68. The molecule has 0 N–H and O–H groups in total. The molecule has 0 unspecified atom stereocenters. The summed E-state index contributed by atoms with van der Waals surface area (Å²) in [5.74, 6) is -0.0227. The van der Waals surface area contributed by atoms with Gasteiger partial charge in [0.15, 0.2) is 5.75 Å². The fraction of sp³-hybridized carbons (Fsp3) is 0.0909. The highest BCUT2D eigenvalue weighted by Gasteiger charge is 2.13. The van der Waals surface area contributed by atoms with Crippen LogP contribution in [0.2, 0.25) is 0 Å². The van der Waals surface area contributed by atoms with Gasteiger partial charge < -0.3 is 8.74 Å². The molecule has 2 aromatic carbocycles. The lowest BCUT2D eigenvalue weighted by molar-refractivity contribution is 0.464. The minimum atomic E-state index is -4.64. The Morgan fingerprint density at radius 1 is 0.947 bits per heavy atom. The highest BCUT2D eigenvalue weighted by molar-refractivity contribution is 7.86. The van der Waals surface area contributed by atoms with E-state index in [1.165, 1.54) is 12.1 Å². The second-order valence-electron chi connectivity index (χ2n) is 3.85. The molecule has 0 heterocycles. The van der Waals surface area contributed by atoms with Gasteiger partial charge in [-0.05, 0) is 12.1 Å². The summed E-state index contributed by atoms with van der Waals surface area (Å²) >= 11 is 0. The Hall–Kier alpha value is -1.64. The molecular formula is C11H9O6S2-. The van der Waals surface area contributed by atoms with E-state index in [9.17, 15) is 21.4 Å². The van der Waals surface area contributed by atoms with Gasteiger partial charge in [0.25, 0.3) is 0 Å². The van der Waals surface area contributed by atoms with Crippen molar-refractivity contribution in [1.29, 1.82) is 0 Å². The van der Waals surface area contributed by atoms with Crippen molar-refractivity contribution in [3.63, 3.8) is 0 Å². The van der Waals surface area contributed by atoms with E-state index in [-0.39, 0.29) is 16.5 Å². The van der Waals surface area contributed by atoms with Crippen molar-refractivity contribution in [3.05, 3.63) is 36.4 Å². The predicted molar refractivity (Wildman–Crippen MR) is 67.4 cm³/mol. The van der Waals surface area contributed by atoms with Crippen LogP contribution in [0, 0.1) is 0 Å². The third kappa shape index (κ3) is 3.03. The van der Waals surface area contributed by atoms with Crippen molar-refractivity contribution < 1.29 is 25.6 Å². The molecule has 2 aromatic rings. The monoisotopic (exact) mass is 301 g/mol. The third-order valence-corrected chi connectivity index (χ3v) is 3.73. The van der Waals surface area contributed by atoms with Crippen LogP contribution in [0.25, 0.3) is 10.8 Å². The molecule has 0 aromatic heterocycles. The van der Waals surface area contributed by atoms with Crippen LogP contribution < -0.4 is 4.18 Å². The normalized spacial score (nSPS) is 12.5. The van der Waals surface area contributed by atoms with Crippen LogP contribution >= 0.6 is 0 Å². The van der Waals surface area contributed by atoms with E-state index in [1.54, 1.807) is 12.1 Å². The molecular weight excluding hydrogens is 292 g/mol. The smallest absolute Gasteiger partial charge is 0.306 e. The summed E-state index contributed by atoms with van der Waals surface area (Å²) in [6.45, 7) is 0. The molecule has 0 fully saturated rings. The number of hydrogen-bond acceptors (Lipinski definition) is 6. The van der Waals surface area contributed by atoms with Gasteiger partial charge in [-0.2, -0.15) is 8.42 Å². The lowest BCUT2D eigenvalue weighted by Crippen LogP contribution is -2.07. The van der Waals surface area contributed by atoms with Crippen molar-refractivity contribution in [2.45, 2.75) is 4.90 Å². The fourth-order valence-electron chi connectivity index (χ4n) is 1.70. The SMILES string of the molecule is CS(=O)(=O)Oc1ccc(S(=O)(=O)[O-])c2ccccc12. The standard InChI is InChI=1S/C11H10O6S2/c1-18(12,13)17-10-6-7-11(19(14,15)16)9-5-3-2-4-8(9)10/h2-7H,1H3,(H,14,15,16)/p-1. The van der Waals surface area contributed by atoms with Gasteiger partial charge in [0.05, 0.1) is 11.2 Å². The average Bonchev–Trinajstić information content (AvgIpc) is 2.25. The van der Waals surface area contributed by atoms with Gasteiger partial charge in [0.2, 0.25) is 0 Å². The Bertz CT molecular complexity index is 837. The molecule has 0 saturated carbocycles. The van der Waals surface area contributed by atoms with Crippen LogP contribution in [0.3, 0.4) is 0 Å². The highest BCUT2D eigenvalue weighted by atomic mass is 32.2. The van der Waals surface area contributed by atoms with Crippen molar-refractivity contribution in [3.8, 4) is 5.75 Å². The van der Waals surface area contributed by atoms with E-state index in [2.05, 4.69) is 0 Å². The Labute approximate surface area is 110 Å². The first-order valence-corrected chi connectivity index (χ1v) is 8.28. The average molecular weight is 301 g/mol. The fourth-order valence-corrected chi connectivity index (χ4v) is 2.85. The Kier molecular flexibility index (Phi) is 3.25. The van der Waals surface area contributed by atoms with Crippen molar-refractivity contribution >= 4 is 31.0 Å². The Morgan fingerprint density at radius 2 is 1.53 bits per heavy atom. The van der Waals surface area contributed by atoms with Crippen LogP contribution in [0.5, 0.6) is 5.75 Å². The summed E-state index contributed by atoms with van der Waals surface area (Å²) in [4.78, 5) is -0.413. The quantitative estimate of drug-likeness (QED) is 0.621. The highest BCUT2D eigenvalue weighted by Crippen LogP contribution is 2.31. The largest absolute Gasteiger partial charge is 0.744 e. The lowest BCUT2D eigenvalue weighted by Gasteiger charge is -2.13.